The number of amides is 2. The first-order chi connectivity index (χ1) is 13.1. The molecule has 0 radical (unpaired) electrons. The van der Waals surface area contributed by atoms with E-state index in [2.05, 4.69) is 5.10 Å². The quantitative estimate of drug-likeness (QED) is 0.733. The normalized spacial score (nSPS) is 24.5. The van der Waals surface area contributed by atoms with Crippen LogP contribution >= 0.6 is 0 Å². The summed E-state index contributed by atoms with van der Waals surface area (Å²) < 4.78 is 12.9. The summed E-state index contributed by atoms with van der Waals surface area (Å²) in [4.78, 5) is 28.2. The number of nitrogens with zero attached hydrogens (tertiary/aromatic N) is 4. The van der Waals surface area contributed by atoms with E-state index < -0.39 is 0 Å². The molecule has 4 rings (SSSR count). The molecular formula is C19H28N4O4. The van der Waals surface area contributed by atoms with Crippen molar-refractivity contribution in [1.82, 2.24) is 19.6 Å². The molecule has 3 saturated heterocycles. The number of likely N-dealkylation sites (tertiary alicyclic amines) is 2. The van der Waals surface area contributed by atoms with Gasteiger partial charge >= 0.3 is 0 Å². The molecule has 3 aliphatic rings. The van der Waals surface area contributed by atoms with Gasteiger partial charge in [-0.25, -0.2) is 0 Å². The molecule has 8 nitrogen and oxygen atoms in total. The molecule has 0 aliphatic carbocycles. The van der Waals surface area contributed by atoms with Crippen LogP contribution in [-0.2, 0) is 20.8 Å². The smallest absolute Gasteiger partial charge is 0.274 e. The van der Waals surface area contributed by atoms with Gasteiger partial charge < -0.3 is 19.3 Å². The topological polar surface area (TPSA) is 76.9 Å². The fraction of sp³-hybridized carbons (Fsp3) is 0.737. The van der Waals surface area contributed by atoms with Gasteiger partial charge in [-0.3, -0.25) is 14.3 Å². The van der Waals surface area contributed by atoms with Crippen molar-refractivity contribution < 1.29 is 19.1 Å². The predicted molar refractivity (Wildman–Crippen MR) is 97.2 cm³/mol. The molecule has 1 spiro atoms. The van der Waals surface area contributed by atoms with E-state index in [-0.39, 0.29) is 17.4 Å². The number of rotatable bonds is 6. The number of hydrogen-bond acceptors (Lipinski definition) is 5. The van der Waals surface area contributed by atoms with Gasteiger partial charge in [-0.2, -0.15) is 5.10 Å². The Hall–Kier alpha value is -1.93. The highest BCUT2D eigenvalue weighted by molar-refractivity contribution is 5.93. The van der Waals surface area contributed by atoms with E-state index in [9.17, 15) is 9.59 Å². The van der Waals surface area contributed by atoms with E-state index in [4.69, 9.17) is 9.47 Å². The Bertz CT molecular complexity index is 688. The zero-order chi connectivity index (χ0) is 18.9. The number of aromatic nitrogens is 2. The van der Waals surface area contributed by atoms with Crippen LogP contribution in [0.4, 0.5) is 0 Å². The third-order valence-corrected chi connectivity index (χ3v) is 5.91. The average molecular weight is 376 g/mol. The second-order valence-electron chi connectivity index (χ2n) is 7.96. The molecule has 0 bridgehead atoms. The maximum absolute atomic E-state index is 12.6. The van der Waals surface area contributed by atoms with E-state index in [0.717, 1.165) is 32.4 Å². The molecule has 1 aromatic heterocycles. The van der Waals surface area contributed by atoms with Gasteiger partial charge in [0, 0.05) is 38.7 Å². The first-order valence-corrected chi connectivity index (χ1v) is 9.82. The molecule has 2 amide bonds. The van der Waals surface area contributed by atoms with E-state index in [0.29, 0.717) is 50.9 Å². The lowest BCUT2D eigenvalue weighted by atomic mass is 9.82. The highest BCUT2D eigenvalue weighted by atomic mass is 16.5. The second kappa shape index (κ2) is 7.59. The second-order valence-corrected chi connectivity index (χ2v) is 7.96. The third-order valence-electron chi connectivity index (χ3n) is 5.91. The minimum atomic E-state index is -0.195. The minimum absolute atomic E-state index is 0.0369. The van der Waals surface area contributed by atoms with Crippen molar-refractivity contribution in [3.8, 4) is 0 Å². The maximum Gasteiger partial charge on any atom is 0.274 e. The van der Waals surface area contributed by atoms with Crippen molar-refractivity contribution in [2.45, 2.75) is 37.8 Å². The molecule has 8 heteroatoms. The van der Waals surface area contributed by atoms with Crippen molar-refractivity contribution in [1.29, 1.82) is 0 Å². The molecule has 0 saturated carbocycles. The zero-order valence-electron chi connectivity index (χ0n) is 15.9. The zero-order valence-corrected chi connectivity index (χ0v) is 15.9. The monoisotopic (exact) mass is 376 g/mol. The number of hydrogen-bond donors (Lipinski definition) is 0. The van der Waals surface area contributed by atoms with Crippen molar-refractivity contribution in [2.24, 2.45) is 5.92 Å². The number of carbonyl (C=O) groups is 2. The summed E-state index contributed by atoms with van der Waals surface area (Å²) in [6, 6.07) is 1.76. The van der Waals surface area contributed by atoms with E-state index in [1.165, 1.54) is 0 Å². The summed E-state index contributed by atoms with van der Waals surface area (Å²) in [6.07, 6.45) is 5.48. The Kier molecular flexibility index (Phi) is 5.19. The third kappa shape index (κ3) is 3.87. The van der Waals surface area contributed by atoms with Crippen LogP contribution in [0.5, 0.6) is 0 Å². The summed E-state index contributed by atoms with van der Waals surface area (Å²) >= 11 is 0. The number of methoxy groups -OCH3 is 1. The lowest BCUT2D eigenvalue weighted by Gasteiger charge is -2.52. The molecule has 148 valence electrons. The Labute approximate surface area is 159 Å². The Morgan fingerprint density at radius 1 is 1.44 bits per heavy atom. The van der Waals surface area contributed by atoms with Gasteiger partial charge in [0.15, 0.2) is 0 Å². The Balaban J connectivity index is 1.24. The van der Waals surface area contributed by atoms with Gasteiger partial charge in [-0.05, 0) is 25.3 Å². The van der Waals surface area contributed by atoms with Gasteiger partial charge in [0.05, 0.1) is 32.8 Å². The molecule has 0 unspecified atom stereocenters. The summed E-state index contributed by atoms with van der Waals surface area (Å²) in [5, 5.41) is 4.33. The van der Waals surface area contributed by atoms with Gasteiger partial charge in [-0.15, -0.1) is 0 Å². The first kappa shape index (κ1) is 18.4. The largest absolute Gasteiger partial charge is 0.383 e. The molecule has 0 aromatic carbocycles. The van der Waals surface area contributed by atoms with Crippen molar-refractivity contribution >= 4 is 11.8 Å². The fourth-order valence-electron chi connectivity index (χ4n) is 4.26. The van der Waals surface area contributed by atoms with Crippen molar-refractivity contribution in [2.75, 3.05) is 46.5 Å². The van der Waals surface area contributed by atoms with Gasteiger partial charge in [0.2, 0.25) is 5.91 Å². The molecule has 4 heterocycles. The van der Waals surface area contributed by atoms with E-state index >= 15 is 0 Å². The van der Waals surface area contributed by atoms with Crippen LogP contribution in [0.1, 0.15) is 36.2 Å². The van der Waals surface area contributed by atoms with Gasteiger partial charge in [0.25, 0.3) is 5.91 Å². The lowest BCUT2D eigenvalue weighted by molar-refractivity contribution is -0.169. The molecule has 3 fully saturated rings. The van der Waals surface area contributed by atoms with Crippen LogP contribution in [0.3, 0.4) is 0 Å². The van der Waals surface area contributed by atoms with Crippen LogP contribution in [0.15, 0.2) is 12.3 Å². The summed E-state index contributed by atoms with van der Waals surface area (Å²) in [6.45, 7) is 4.85. The average Bonchev–Trinajstić information content (AvgIpc) is 3.28. The predicted octanol–water partition coefficient (Wildman–Crippen LogP) is 0.773. The maximum atomic E-state index is 12.6. The number of carbonyl (C=O) groups excluding carboxylic acids is 2. The highest BCUT2D eigenvalue weighted by Gasteiger charge is 2.49. The standard InChI is InChI=1S/C19H28N4O4/c1-26-10-9-23-8-5-16(20-23)18(25)22-13-19(14-22)6-4-15(12-27-19)11-21-7-2-3-17(21)24/h5,8,15H,2-4,6-7,9-14H2,1H3/t15-/m1/s1. The molecule has 27 heavy (non-hydrogen) atoms. The lowest BCUT2D eigenvalue weighted by Crippen LogP contribution is -2.66. The van der Waals surface area contributed by atoms with Gasteiger partial charge in [-0.1, -0.05) is 0 Å². The first-order valence-electron chi connectivity index (χ1n) is 9.82. The van der Waals surface area contributed by atoms with Crippen LogP contribution in [0, 0.1) is 5.92 Å². The van der Waals surface area contributed by atoms with Gasteiger partial charge in [0.1, 0.15) is 11.3 Å². The minimum Gasteiger partial charge on any atom is -0.383 e. The highest BCUT2D eigenvalue weighted by Crippen LogP contribution is 2.37. The van der Waals surface area contributed by atoms with E-state index in [1.807, 2.05) is 16.0 Å². The molecule has 1 atom stereocenters. The Morgan fingerprint density at radius 2 is 2.30 bits per heavy atom. The summed E-state index contributed by atoms with van der Waals surface area (Å²) in [5.41, 5.74) is 0.280. The van der Waals surface area contributed by atoms with Crippen LogP contribution < -0.4 is 0 Å². The fourth-order valence-corrected chi connectivity index (χ4v) is 4.26. The van der Waals surface area contributed by atoms with Crippen molar-refractivity contribution in [3.63, 3.8) is 0 Å². The van der Waals surface area contributed by atoms with Crippen LogP contribution in [-0.4, -0.2) is 83.5 Å². The summed E-state index contributed by atoms with van der Waals surface area (Å²) in [5.74, 6) is 0.657. The molecule has 3 aliphatic heterocycles. The molecular weight excluding hydrogens is 348 g/mol. The SMILES string of the molecule is COCCn1ccc(C(=O)N2CC3(CC[C@H](CN4CCCC4=O)CO3)C2)n1. The van der Waals surface area contributed by atoms with Crippen LogP contribution in [0.2, 0.25) is 0 Å². The van der Waals surface area contributed by atoms with E-state index in [1.54, 1.807) is 17.9 Å². The molecule has 1 aromatic rings. The Morgan fingerprint density at radius 3 is 2.96 bits per heavy atom. The number of ether oxygens (including phenoxy) is 2. The summed E-state index contributed by atoms with van der Waals surface area (Å²) in [7, 11) is 1.65. The van der Waals surface area contributed by atoms with Crippen LogP contribution in [0.25, 0.3) is 0 Å². The molecule has 0 N–H and O–H groups in total. The van der Waals surface area contributed by atoms with Crippen molar-refractivity contribution in [3.05, 3.63) is 18.0 Å².